The maximum Gasteiger partial charge on any atom is 0.222 e. The van der Waals surface area contributed by atoms with Crippen LogP contribution in [0, 0.1) is 12.8 Å². The Morgan fingerprint density at radius 3 is 2.75 bits per heavy atom. The predicted octanol–water partition coefficient (Wildman–Crippen LogP) is 1.99. The largest absolute Gasteiger partial charge is 0.488 e. The second-order valence-electron chi connectivity index (χ2n) is 7.28. The van der Waals surface area contributed by atoms with Crippen LogP contribution in [-0.2, 0) is 16.1 Å². The topological polar surface area (TPSA) is 84.0 Å². The van der Waals surface area contributed by atoms with Gasteiger partial charge >= 0.3 is 0 Å². The van der Waals surface area contributed by atoms with Gasteiger partial charge in [-0.2, -0.15) is 0 Å². The van der Waals surface area contributed by atoms with E-state index in [2.05, 4.69) is 46.1 Å². The molecule has 0 bridgehead atoms. The molecule has 1 aliphatic rings. The minimum atomic E-state index is -0.00729. The van der Waals surface area contributed by atoms with E-state index in [0.29, 0.717) is 26.2 Å². The first-order chi connectivity index (χ1) is 13.5. The molecule has 1 aromatic rings. The van der Waals surface area contributed by atoms with Crippen molar-refractivity contribution in [2.24, 2.45) is 10.9 Å². The number of ether oxygens (including phenoxy) is 2. The van der Waals surface area contributed by atoms with Crippen LogP contribution < -0.4 is 20.7 Å². The number of nitrogens with zero attached hydrogens (tertiary/aromatic N) is 1. The summed E-state index contributed by atoms with van der Waals surface area (Å²) in [4.78, 5) is 16.3. The Labute approximate surface area is 168 Å². The molecule has 0 saturated carbocycles. The average molecular weight is 391 g/mol. The first kappa shape index (κ1) is 22.0. The van der Waals surface area contributed by atoms with E-state index in [1.165, 1.54) is 0 Å². The fourth-order valence-corrected chi connectivity index (χ4v) is 2.76. The third-order valence-electron chi connectivity index (χ3n) is 4.40. The van der Waals surface area contributed by atoms with Crippen LogP contribution in [0.2, 0.25) is 0 Å². The summed E-state index contributed by atoms with van der Waals surface area (Å²) < 4.78 is 11.6. The Balaban J connectivity index is 1.94. The summed E-state index contributed by atoms with van der Waals surface area (Å²) in [7, 11) is 0. The minimum absolute atomic E-state index is 0.00729. The highest BCUT2D eigenvalue weighted by Crippen LogP contribution is 2.24. The number of aryl methyl sites for hydroxylation is 1. The number of guanidine groups is 1. The summed E-state index contributed by atoms with van der Waals surface area (Å²) in [5.41, 5.74) is 2.20. The van der Waals surface area contributed by atoms with Gasteiger partial charge in [-0.25, -0.2) is 4.99 Å². The summed E-state index contributed by atoms with van der Waals surface area (Å²) in [5, 5.41) is 9.38. The molecule has 0 spiro atoms. The van der Waals surface area contributed by atoms with Crippen LogP contribution in [0.15, 0.2) is 23.2 Å². The van der Waals surface area contributed by atoms with E-state index in [1.54, 1.807) is 0 Å². The predicted molar refractivity (Wildman–Crippen MR) is 112 cm³/mol. The molecule has 156 valence electrons. The number of aliphatic imine (C=N–C) groups is 1. The fraction of sp³-hybridized carbons (Fsp3) is 0.619. The molecule has 7 heteroatoms. The van der Waals surface area contributed by atoms with Gasteiger partial charge in [0.25, 0.3) is 0 Å². The quantitative estimate of drug-likeness (QED) is 0.341. The van der Waals surface area contributed by atoms with Crippen molar-refractivity contribution in [3.05, 3.63) is 29.3 Å². The van der Waals surface area contributed by atoms with Crippen molar-refractivity contribution in [2.75, 3.05) is 32.8 Å². The van der Waals surface area contributed by atoms with E-state index in [4.69, 9.17) is 9.47 Å². The molecule has 0 aromatic heterocycles. The van der Waals surface area contributed by atoms with Crippen molar-refractivity contribution in [3.63, 3.8) is 0 Å². The van der Waals surface area contributed by atoms with Gasteiger partial charge < -0.3 is 25.4 Å². The number of benzene rings is 1. The molecule has 1 saturated heterocycles. The minimum Gasteiger partial charge on any atom is -0.488 e. The lowest BCUT2D eigenvalue weighted by Crippen LogP contribution is -2.42. The summed E-state index contributed by atoms with van der Waals surface area (Å²) in [6.07, 6.45) is 1.03. The number of amides is 1. The number of rotatable bonds is 9. The van der Waals surface area contributed by atoms with Gasteiger partial charge in [0, 0.05) is 37.5 Å². The number of carbonyl (C=O) groups excluding carboxylic acids is 1. The van der Waals surface area contributed by atoms with E-state index in [9.17, 15) is 4.79 Å². The van der Waals surface area contributed by atoms with E-state index >= 15 is 0 Å². The van der Waals surface area contributed by atoms with Crippen molar-refractivity contribution in [2.45, 2.75) is 46.8 Å². The molecule has 1 aliphatic heterocycles. The zero-order valence-corrected chi connectivity index (χ0v) is 17.5. The maximum absolute atomic E-state index is 11.6. The zero-order chi connectivity index (χ0) is 20.4. The highest BCUT2D eigenvalue weighted by atomic mass is 16.5. The molecule has 1 heterocycles. The van der Waals surface area contributed by atoms with Crippen LogP contribution in [-0.4, -0.2) is 50.8 Å². The van der Waals surface area contributed by atoms with Crippen LogP contribution in [0.5, 0.6) is 5.75 Å². The molecule has 1 aromatic carbocycles. The van der Waals surface area contributed by atoms with Gasteiger partial charge in [-0.05, 0) is 25.5 Å². The monoisotopic (exact) mass is 390 g/mol. The summed E-state index contributed by atoms with van der Waals surface area (Å²) in [5.74, 6) is 1.64. The third kappa shape index (κ3) is 7.38. The van der Waals surface area contributed by atoms with Crippen molar-refractivity contribution < 1.29 is 14.3 Å². The molecule has 3 N–H and O–H groups in total. The molecular weight excluding hydrogens is 356 g/mol. The Morgan fingerprint density at radius 1 is 1.29 bits per heavy atom. The van der Waals surface area contributed by atoms with E-state index in [0.717, 1.165) is 42.4 Å². The number of hydrogen-bond acceptors (Lipinski definition) is 4. The second kappa shape index (κ2) is 11.5. The highest BCUT2D eigenvalue weighted by molar-refractivity contribution is 5.80. The lowest BCUT2D eigenvalue weighted by atomic mass is 10.1. The van der Waals surface area contributed by atoms with Crippen LogP contribution in [0.1, 0.15) is 38.3 Å². The fourth-order valence-electron chi connectivity index (χ4n) is 2.76. The van der Waals surface area contributed by atoms with Crippen LogP contribution >= 0.6 is 0 Å². The van der Waals surface area contributed by atoms with E-state index in [1.807, 2.05) is 20.8 Å². The second-order valence-corrected chi connectivity index (χ2v) is 7.28. The molecule has 2 rings (SSSR count). The van der Waals surface area contributed by atoms with Gasteiger partial charge in [0.05, 0.1) is 19.8 Å². The summed E-state index contributed by atoms with van der Waals surface area (Å²) in [6, 6.07) is 6.20. The lowest BCUT2D eigenvalue weighted by molar-refractivity contribution is -0.123. The van der Waals surface area contributed by atoms with Crippen molar-refractivity contribution in [1.29, 1.82) is 0 Å². The third-order valence-corrected chi connectivity index (χ3v) is 4.40. The first-order valence-corrected chi connectivity index (χ1v) is 10.1. The van der Waals surface area contributed by atoms with Gasteiger partial charge in [-0.15, -0.1) is 0 Å². The van der Waals surface area contributed by atoms with Crippen LogP contribution in [0.4, 0.5) is 0 Å². The standard InChI is InChI=1S/C21H34N4O3/c1-5-22-21(24-10-9-23-20(26)15(2)3)25-13-17-7-6-16(4)12-19(17)28-18-8-11-27-14-18/h6-7,12,15,18H,5,8-11,13-14H2,1-4H3,(H,23,26)(H2,22,24,25). The summed E-state index contributed by atoms with van der Waals surface area (Å²) >= 11 is 0. The van der Waals surface area contributed by atoms with E-state index in [-0.39, 0.29) is 17.9 Å². The maximum atomic E-state index is 11.6. The number of hydrogen-bond donors (Lipinski definition) is 3. The Hall–Kier alpha value is -2.28. The number of carbonyl (C=O) groups is 1. The first-order valence-electron chi connectivity index (χ1n) is 10.1. The normalized spacial score (nSPS) is 16.9. The molecule has 1 unspecified atom stereocenters. The Bertz CT molecular complexity index is 655. The van der Waals surface area contributed by atoms with E-state index < -0.39 is 0 Å². The van der Waals surface area contributed by atoms with Crippen molar-refractivity contribution >= 4 is 11.9 Å². The lowest BCUT2D eigenvalue weighted by Gasteiger charge is -2.16. The molecule has 28 heavy (non-hydrogen) atoms. The van der Waals surface area contributed by atoms with Crippen LogP contribution in [0.25, 0.3) is 0 Å². The molecule has 1 amide bonds. The van der Waals surface area contributed by atoms with Crippen LogP contribution in [0.3, 0.4) is 0 Å². The van der Waals surface area contributed by atoms with Gasteiger partial charge in [0.2, 0.25) is 5.91 Å². The van der Waals surface area contributed by atoms with Gasteiger partial charge in [-0.1, -0.05) is 26.0 Å². The molecular formula is C21H34N4O3. The summed E-state index contributed by atoms with van der Waals surface area (Å²) in [6.45, 7) is 11.7. The molecule has 1 fully saturated rings. The molecule has 0 radical (unpaired) electrons. The zero-order valence-electron chi connectivity index (χ0n) is 17.5. The van der Waals surface area contributed by atoms with Crippen molar-refractivity contribution in [3.8, 4) is 5.75 Å². The van der Waals surface area contributed by atoms with Crippen molar-refractivity contribution in [1.82, 2.24) is 16.0 Å². The SMILES string of the molecule is CCNC(=NCc1ccc(C)cc1OC1CCOC1)NCCNC(=O)C(C)C. The van der Waals surface area contributed by atoms with Gasteiger partial charge in [0.1, 0.15) is 11.9 Å². The average Bonchev–Trinajstić information content (AvgIpc) is 3.17. The Kier molecular flexibility index (Phi) is 9.07. The highest BCUT2D eigenvalue weighted by Gasteiger charge is 2.18. The Morgan fingerprint density at radius 2 is 2.07 bits per heavy atom. The van der Waals surface area contributed by atoms with Gasteiger partial charge in [-0.3, -0.25) is 4.79 Å². The molecule has 7 nitrogen and oxygen atoms in total. The smallest absolute Gasteiger partial charge is 0.222 e. The number of nitrogens with one attached hydrogen (secondary N) is 3. The molecule has 1 atom stereocenters. The van der Waals surface area contributed by atoms with Gasteiger partial charge in [0.15, 0.2) is 5.96 Å². The molecule has 0 aliphatic carbocycles.